The zero-order chi connectivity index (χ0) is 23.1. The molecule has 32 heavy (non-hydrogen) atoms. The number of benzene rings is 3. The summed E-state index contributed by atoms with van der Waals surface area (Å²) < 4.78 is 38.8. The highest BCUT2D eigenvalue weighted by Gasteiger charge is 2.19. The molecule has 164 valence electrons. The van der Waals surface area contributed by atoms with Crippen LogP contribution in [0.1, 0.15) is 34.0 Å². The van der Waals surface area contributed by atoms with Crippen LogP contribution in [0, 0.1) is 18.3 Å². The van der Waals surface area contributed by atoms with E-state index in [4.69, 9.17) is 14.7 Å². The van der Waals surface area contributed by atoms with Crippen LogP contribution in [-0.2, 0) is 21.4 Å². The van der Waals surface area contributed by atoms with Crippen molar-refractivity contribution in [3.8, 4) is 11.8 Å². The lowest BCUT2D eigenvalue weighted by Gasteiger charge is -2.12. The molecular formula is C24H22N2O5S. The number of esters is 1. The van der Waals surface area contributed by atoms with Gasteiger partial charge in [-0.05, 0) is 73.5 Å². The summed E-state index contributed by atoms with van der Waals surface area (Å²) in [6.45, 7) is 4.08. The molecule has 0 saturated carbocycles. The van der Waals surface area contributed by atoms with Crippen molar-refractivity contribution in [2.45, 2.75) is 25.3 Å². The Morgan fingerprint density at radius 3 is 2.34 bits per heavy atom. The first-order chi connectivity index (χ1) is 15.3. The first kappa shape index (κ1) is 22.8. The van der Waals surface area contributed by atoms with E-state index in [1.165, 1.54) is 12.1 Å². The van der Waals surface area contributed by atoms with Gasteiger partial charge in [-0.15, -0.1) is 0 Å². The van der Waals surface area contributed by atoms with E-state index < -0.39 is 16.0 Å². The zero-order valence-corrected chi connectivity index (χ0v) is 18.5. The van der Waals surface area contributed by atoms with Gasteiger partial charge in [0.25, 0.3) is 10.0 Å². The van der Waals surface area contributed by atoms with Gasteiger partial charge >= 0.3 is 5.97 Å². The predicted molar refractivity (Wildman–Crippen MR) is 120 cm³/mol. The fourth-order valence-electron chi connectivity index (χ4n) is 2.89. The number of aryl methyl sites for hydroxylation is 1. The van der Waals surface area contributed by atoms with Gasteiger partial charge in [0, 0.05) is 5.69 Å². The minimum atomic E-state index is -3.92. The first-order valence-corrected chi connectivity index (χ1v) is 11.3. The second-order valence-electron chi connectivity index (χ2n) is 6.92. The van der Waals surface area contributed by atoms with Gasteiger partial charge < -0.3 is 9.47 Å². The predicted octanol–water partition coefficient (Wildman–Crippen LogP) is 4.42. The Balaban J connectivity index is 1.74. The minimum absolute atomic E-state index is 0.00535. The number of nitrogens with zero attached hydrogens (tertiary/aromatic N) is 1. The molecule has 0 spiro atoms. The van der Waals surface area contributed by atoms with Crippen LogP contribution in [0.4, 0.5) is 5.69 Å². The fraction of sp³-hybridized carbons (Fsp3) is 0.167. The second kappa shape index (κ2) is 9.98. The fourth-order valence-corrected chi connectivity index (χ4v) is 3.97. The topological polar surface area (TPSA) is 105 Å². The lowest BCUT2D eigenvalue weighted by molar-refractivity contribution is 0.0471. The summed E-state index contributed by atoms with van der Waals surface area (Å²) in [5.74, 6) is 0.00283. The Bertz CT molecular complexity index is 1250. The molecule has 0 heterocycles. The first-order valence-electron chi connectivity index (χ1n) is 9.85. The van der Waals surface area contributed by atoms with Gasteiger partial charge in [0.2, 0.25) is 0 Å². The minimum Gasteiger partial charge on any atom is -0.494 e. The zero-order valence-electron chi connectivity index (χ0n) is 17.7. The molecule has 0 saturated heterocycles. The normalized spacial score (nSPS) is 10.8. The number of nitrogens with one attached hydrogen (secondary N) is 1. The molecule has 7 nitrogen and oxygen atoms in total. The summed E-state index contributed by atoms with van der Waals surface area (Å²) in [7, 11) is -3.92. The van der Waals surface area contributed by atoms with Crippen LogP contribution >= 0.6 is 0 Å². The molecule has 0 fully saturated rings. The summed E-state index contributed by atoms with van der Waals surface area (Å²) in [5.41, 5.74) is 2.35. The third kappa shape index (κ3) is 5.65. The van der Waals surface area contributed by atoms with Crippen molar-refractivity contribution < 1.29 is 22.7 Å². The molecule has 3 rings (SSSR count). The quantitative estimate of drug-likeness (QED) is 0.509. The maximum Gasteiger partial charge on any atom is 0.338 e. The molecule has 0 aliphatic rings. The Kier molecular flexibility index (Phi) is 7.13. The summed E-state index contributed by atoms with van der Waals surface area (Å²) in [6.07, 6.45) is 0. The Labute approximate surface area is 187 Å². The summed E-state index contributed by atoms with van der Waals surface area (Å²) in [6, 6.07) is 19.5. The SMILES string of the molecule is CCOc1ccc(NS(=O)(=O)c2ccc(C)c(C(=O)OCc3ccc(C#N)cc3)c2)cc1. The van der Waals surface area contributed by atoms with Gasteiger partial charge in [-0.2, -0.15) is 5.26 Å². The van der Waals surface area contributed by atoms with Gasteiger partial charge in [-0.1, -0.05) is 18.2 Å². The van der Waals surface area contributed by atoms with Crippen LogP contribution in [0.25, 0.3) is 0 Å². The maximum atomic E-state index is 12.8. The van der Waals surface area contributed by atoms with Crippen molar-refractivity contribution in [1.82, 2.24) is 0 Å². The van der Waals surface area contributed by atoms with Gasteiger partial charge in [0.1, 0.15) is 12.4 Å². The van der Waals surface area contributed by atoms with Crippen molar-refractivity contribution in [3.05, 3.63) is 89.0 Å². The van der Waals surface area contributed by atoms with Crippen LogP contribution < -0.4 is 9.46 Å². The molecule has 0 bridgehead atoms. The summed E-state index contributed by atoms with van der Waals surface area (Å²) >= 11 is 0. The number of anilines is 1. The molecule has 0 unspecified atom stereocenters. The lowest BCUT2D eigenvalue weighted by atomic mass is 10.1. The summed E-state index contributed by atoms with van der Waals surface area (Å²) in [5, 5.41) is 8.85. The molecule has 0 aliphatic heterocycles. The van der Waals surface area contributed by atoms with Gasteiger partial charge in [-0.25, -0.2) is 13.2 Å². The molecule has 8 heteroatoms. The summed E-state index contributed by atoms with van der Waals surface area (Å²) in [4.78, 5) is 12.5. The number of hydrogen-bond acceptors (Lipinski definition) is 6. The Hall–Kier alpha value is -3.83. The lowest BCUT2D eigenvalue weighted by Crippen LogP contribution is -2.15. The van der Waals surface area contributed by atoms with E-state index in [0.29, 0.717) is 29.2 Å². The number of hydrogen-bond donors (Lipinski definition) is 1. The van der Waals surface area contributed by atoms with E-state index in [-0.39, 0.29) is 17.1 Å². The van der Waals surface area contributed by atoms with Crippen molar-refractivity contribution in [2.24, 2.45) is 0 Å². The highest BCUT2D eigenvalue weighted by molar-refractivity contribution is 7.92. The Morgan fingerprint density at radius 2 is 1.72 bits per heavy atom. The molecular weight excluding hydrogens is 428 g/mol. The molecule has 0 radical (unpaired) electrons. The number of rotatable bonds is 8. The monoisotopic (exact) mass is 450 g/mol. The largest absolute Gasteiger partial charge is 0.494 e. The molecule has 0 amide bonds. The van der Waals surface area contributed by atoms with Crippen LogP contribution in [0.15, 0.2) is 71.6 Å². The molecule has 3 aromatic rings. The highest BCUT2D eigenvalue weighted by Crippen LogP contribution is 2.22. The number of carbonyl (C=O) groups excluding carboxylic acids is 1. The van der Waals surface area contributed by atoms with Crippen molar-refractivity contribution >= 4 is 21.7 Å². The van der Waals surface area contributed by atoms with Crippen LogP contribution in [0.2, 0.25) is 0 Å². The van der Waals surface area contributed by atoms with Crippen molar-refractivity contribution in [2.75, 3.05) is 11.3 Å². The van der Waals surface area contributed by atoms with E-state index in [1.807, 2.05) is 13.0 Å². The molecule has 0 aliphatic carbocycles. The molecule has 3 aromatic carbocycles. The van der Waals surface area contributed by atoms with E-state index >= 15 is 0 Å². The third-order valence-electron chi connectivity index (χ3n) is 4.61. The average molecular weight is 451 g/mol. The van der Waals surface area contributed by atoms with Crippen molar-refractivity contribution in [3.63, 3.8) is 0 Å². The molecule has 0 atom stereocenters. The van der Waals surface area contributed by atoms with Gasteiger partial charge in [0.15, 0.2) is 0 Å². The van der Waals surface area contributed by atoms with Crippen LogP contribution in [0.5, 0.6) is 5.75 Å². The van der Waals surface area contributed by atoms with E-state index in [0.717, 1.165) is 5.56 Å². The average Bonchev–Trinajstić information content (AvgIpc) is 2.79. The van der Waals surface area contributed by atoms with E-state index in [2.05, 4.69) is 4.72 Å². The third-order valence-corrected chi connectivity index (χ3v) is 5.99. The van der Waals surface area contributed by atoms with Crippen LogP contribution in [-0.4, -0.2) is 21.0 Å². The smallest absolute Gasteiger partial charge is 0.338 e. The number of ether oxygens (including phenoxy) is 2. The number of carbonyl (C=O) groups is 1. The van der Waals surface area contributed by atoms with Crippen molar-refractivity contribution in [1.29, 1.82) is 5.26 Å². The van der Waals surface area contributed by atoms with Gasteiger partial charge in [-0.3, -0.25) is 4.72 Å². The molecule has 1 N–H and O–H groups in total. The van der Waals surface area contributed by atoms with E-state index in [1.54, 1.807) is 61.5 Å². The van der Waals surface area contributed by atoms with E-state index in [9.17, 15) is 13.2 Å². The number of nitriles is 1. The van der Waals surface area contributed by atoms with Gasteiger partial charge in [0.05, 0.1) is 28.7 Å². The van der Waals surface area contributed by atoms with Crippen LogP contribution in [0.3, 0.4) is 0 Å². The maximum absolute atomic E-state index is 12.8. The highest BCUT2D eigenvalue weighted by atomic mass is 32.2. The molecule has 0 aromatic heterocycles. The second-order valence-corrected chi connectivity index (χ2v) is 8.61. The Morgan fingerprint density at radius 1 is 1.03 bits per heavy atom. The number of sulfonamides is 1. The standard InChI is InChI=1S/C24H22N2O5S/c1-3-30-21-11-9-20(10-12-21)26-32(28,29)22-13-4-17(2)23(14-22)24(27)31-16-19-7-5-18(15-25)6-8-19/h4-14,26H,3,16H2,1-2H3.